The summed E-state index contributed by atoms with van der Waals surface area (Å²) in [5.41, 5.74) is 0. The molecule has 2 atom stereocenters. The van der Waals surface area contributed by atoms with Crippen LogP contribution in [0.15, 0.2) is 0 Å². The van der Waals surface area contributed by atoms with Crippen molar-refractivity contribution >= 4 is 0 Å². The molecule has 0 amide bonds. The van der Waals surface area contributed by atoms with Crippen molar-refractivity contribution < 1.29 is 14.6 Å². The van der Waals surface area contributed by atoms with Gasteiger partial charge >= 0.3 is 0 Å². The molecule has 1 saturated heterocycles. The number of aliphatic hydroxyl groups excluding tert-OH is 1. The Kier molecular flexibility index (Phi) is 7.72. The average molecular weight is 246 g/mol. The van der Waals surface area contributed by atoms with Crippen LogP contribution in [0.2, 0.25) is 0 Å². The molecular weight excluding hydrogens is 220 g/mol. The van der Waals surface area contributed by atoms with Crippen molar-refractivity contribution in [2.45, 2.75) is 25.6 Å². The fraction of sp³-hybridized carbons (Fsp3) is 1.00. The Morgan fingerprint density at radius 3 is 2.88 bits per heavy atom. The summed E-state index contributed by atoms with van der Waals surface area (Å²) < 4.78 is 10.5. The Labute approximate surface area is 104 Å². The van der Waals surface area contributed by atoms with Crippen LogP contribution in [0.5, 0.6) is 0 Å². The molecule has 0 saturated carbocycles. The molecule has 1 rings (SSSR count). The Morgan fingerprint density at radius 1 is 1.29 bits per heavy atom. The van der Waals surface area contributed by atoms with Crippen LogP contribution >= 0.6 is 0 Å². The lowest BCUT2D eigenvalue weighted by Crippen LogP contribution is -2.37. The van der Waals surface area contributed by atoms with Crippen molar-refractivity contribution in [1.82, 2.24) is 10.2 Å². The van der Waals surface area contributed by atoms with Crippen molar-refractivity contribution in [1.29, 1.82) is 0 Å². The van der Waals surface area contributed by atoms with Crippen LogP contribution in [0.25, 0.3) is 0 Å². The van der Waals surface area contributed by atoms with Crippen molar-refractivity contribution in [3.05, 3.63) is 0 Å². The van der Waals surface area contributed by atoms with Crippen molar-refractivity contribution in [2.24, 2.45) is 0 Å². The Balaban J connectivity index is 2.12. The molecule has 1 fully saturated rings. The molecule has 5 heteroatoms. The van der Waals surface area contributed by atoms with Gasteiger partial charge in [-0.2, -0.15) is 0 Å². The molecule has 1 aliphatic rings. The third-order valence-corrected chi connectivity index (χ3v) is 2.88. The van der Waals surface area contributed by atoms with Crippen molar-refractivity contribution in [2.75, 3.05) is 53.0 Å². The van der Waals surface area contributed by atoms with Crippen LogP contribution in [0.4, 0.5) is 0 Å². The summed E-state index contributed by atoms with van der Waals surface area (Å²) in [5, 5.41) is 13.2. The zero-order valence-electron chi connectivity index (χ0n) is 11.0. The van der Waals surface area contributed by atoms with Gasteiger partial charge in [-0.25, -0.2) is 0 Å². The summed E-state index contributed by atoms with van der Waals surface area (Å²) >= 11 is 0. The summed E-state index contributed by atoms with van der Waals surface area (Å²) in [6.45, 7) is 7.74. The molecule has 0 aliphatic carbocycles. The van der Waals surface area contributed by atoms with E-state index < -0.39 is 6.10 Å². The third-order valence-electron chi connectivity index (χ3n) is 2.88. The van der Waals surface area contributed by atoms with Crippen molar-refractivity contribution in [3.63, 3.8) is 0 Å². The van der Waals surface area contributed by atoms with E-state index >= 15 is 0 Å². The van der Waals surface area contributed by atoms with Gasteiger partial charge in [0.1, 0.15) is 0 Å². The number of nitrogens with one attached hydrogen (secondary N) is 1. The Morgan fingerprint density at radius 2 is 2.12 bits per heavy atom. The quantitative estimate of drug-likeness (QED) is 0.645. The molecule has 1 aliphatic heterocycles. The van der Waals surface area contributed by atoms with Crippen LogP contribution in [-0.2, 0) is 9.47 Å². The second-order valence-electron chi connectivity index (χ2n) is 4.66. The number of hydrogen-bond acceptors (Lipinski definition) is 5. The average Bonchev–Trinajstić information content (AvgIpc) is 2.55. The lowest BCUT2D eigenvalue weighted by atomic mass is 10.3. The first-order valence-electron chi connectivity index (χ1n) is 6.44. The normalized spacial score (nSPS) is 22.1. The van der Waals surface area contributed by atoms with E-state index in [4.69, 9.17) is 9.47 Å². The molecule has 0 aromatic carbocycles. The SMILES string of the molecule is COCC(C)OCC(O)CN1CCCNCC1. The molecule has 0 radical (unpaired) electrons. The topological polar surface area (TPSA) is 54.0 Å². The van der Waals surface area contributed by atoms with E-state index in [1.54, 1.807) is 7.11 Å². The minimum absolute atomic E-state index is 0.0421. The first-order chi connectivity index (χ1) is 8.22. The van der Waals surface area contributed by atoms with E-state index in [0.29, 0.717) is 19.8 Å². The highest BCUT2D eigenvalue weighted by Gasteiger charge is 2.14. The van der Waals surface area contributed by atoms with Gasteiger partial charge in [0.2, 0.25) is 0 Å². The first-order valence-corrected chi connectivity index (χ1v) is 6.44. The van der Waals surface area contributed by atoms with Gasteiger partial charge in [-0.05, 0) is 26.4 Å². The maximum atomic E-state index is 9.88. The standard InChI is InChI=1S/C12H26N2O3/c1-11(9-16-2)17-10-12(15)8-14-6-3-4-13-5-7-14/h11-13,15H,3-10H2,1-2H3. The molecule has 17 heavy (non-hydrogen) atoms. The van der Waals surface area contributed by atoms with Gasteiger partial charge in [0.15, 0.2) is 0 Å². The van der Waals surface area contributed by atoms with Crippen LogP contribution in [0.3, 0.4) is 0 Å². The molecule has 1 heterocycles. The predicted molar refractivity (Wildman–Crippen MR) is 67.2 cm³/mol. The van der Waals surface area contributed by atoms with Gasteiger partial charge in [-0.3, -0.25) is 4.90 Å². The number of ether oxygens (including phenoxy) is 2. The smallest absolute Gasteiger partial charge is 0.0900 e. The summed E-state index contributed by atoms with van der Waals surface area (Å²) in [6.07, 6.45) is 0.779. The van der Waals surface area contributed by atoms with Gasteiger partial charge in [0.05, 0.1) is 25.4 Å². The lowest BCUT2D eigenvalue weighted by Gasteiger charge is -2.23. The van der Waals surface area contributed by atoms with E-state index in [-0.39, 0.29) is 6.10 Å². The molecule has 0 aromatic rings. The second kappa shape index (κ2) is 8.83. The van der Waals surface area contributed by atoms with E-state index in [0.717, 1.165) is 32.6 Å². The van der Waals surface area contributed by atoms with Gasteiger partial charge in [0.25, 0.3) is 0 Å². The van der Waals surface area contributed by atoms with Gasteiger partial charge in [0, 0.05) is 26.7 Å². The lowest BCUT2D eigenvalue weighted by molar-refractivity contribution is -0.0392. The fourth-order valence-electron chi connectivity index (χ4n) is 1.99. The minimum atomic E-state index is -0.410. The number of hydrogen-bond donors (Lipinski definition) is 2. The maximum Gasteiger partial charge on any atom is 0.0900 e. The number of rotatable bonds is 7. The van der Waals surface area contributed by atoms with E-state index in [1.165, 1.54) is 0 Å². The molecule has 2 N–H and O–H groups in total. The maximum absolute atomic E-state index is 9.88. The largest absolute Gasteiger partial charge is 0.389 e. The number of nitrogens with zero attached hydrogens (tertiary/aromatic N) is 1. The zero-order chi connectivity index (χ0) is 12.5. The van der Waals surface area contributed by atoms with Gasteiger partial charge < -0.3 is 19.9 Å². The Bertz CT molecular complexity index is 185. The van der Waals surface area contributed by atoms with Crippen LogP contribution in [0.1, 0.15) is 13.3 Å². The van der Waals surface area contributed by atoms with Crippen LogP contribution in [-0.4, -0.2) is 75.3 Å². The highest BCUT2D eigenvalue weighted by molar-refractivity contribution is 4.69. The van der Waals surface area contributed by atoms with Crippen LogP contribution < -0.4 is 5.32 Å². The number of β-amino-alcohol motifs (C(OH)–C–C–N with tert-alkyl or cyclic N) is 1. The first kappa shape index (κ1) is 14.9. The van der Waals surface area contributed by atoms with Crippen LogP contribution in [0, 0.1) is 0 Å². The highest BCUT2D eigenvalue weighted by atomic mass is 16.5. The summed E-state index contributed by atoms with van der Waals surface area (Å²) in [6, 6.07) is 0. The summed E-state index contributed by atoms with van der Waals surface area (Å²) in [5.74, 6) is 0. The fourth-order valence-corrected chi connectivity index (χ4v) is 1.99. The zero-order valence-corrected chi connectivity index (χ0v) is 11.0. The minimum Gasteiger partial charge on any atom is -0.389 e. The van der Waals surface area contributed by atoms with E-state index in [9.17, 15) is 5.11 Å². The molecule has 0 spiro atoms. The third kappa shape index (κ3) is 6.95. The molecule has 102 valence electrons. The molecule has 2 unspecified atom stereocenters. The summed E-state index contributed by atoms with van der Waals surface area (Å²) in [7, 11) is 1.65. The number of methoxy groups -OCH3 is 1. The second-order valence-corrected chi connectivity index (χ2v) is 4.66. The van der Waals surface area contributed by atoms with E-state index in [2.05, 4.69) is 10.2 Å². The molecule has 5 nitrogen and oxygen atoms in total. The van der Waals surface area contributed by atoms with Gasteiger partial charge in [-0.1, -0.05) is 0 Å². The highest BCUT2D eigenvalue weighted by Crippen LogP contribution is 2.00. The van der Waals surface area contributed by atoms with E-state index in [1.807, 2.05) is 6.92 Å². The summed E-state index contributed by atoms with van der Waals surface area (Å²) in [4.78, 5) is 2.29. The van der Waals surface area contributed by atoms with Crippen molar-refractivity contribution in [3.8, 4) is 0 Å². The predicted octanol–water partition coefficient (Wildman–Crippen LogP) is -0.306. The molecule has 0 bridgehead atoms. The molecular formula is C12H26N2O3. The molecule has 0 aromatic heterocycles. The van der Waals surface area contributed by atoms with Gasteiger partial charge in [-0.15, -0.1) is 0 Å². The number of aliphatic hydroxyl groups is 1. The Hall–Kier alpha value is -0.200. The monoisotopic (exact) mass is 246 g/mol.